The van der Waals surface area contributed by atoms with Crippen molar-refractivity contribution in [2.45, 2.75) is 89.9 Å². The van der Waals surface area contributed by atoms with E-state index in [4.69, 9.17) is 9.57 Å². The highest BCUT2D eigenvalue weighted by Gasteiger charge is 2.29. The minimum absolute atomic E-state index is 0.000834. The molecule has 11 heteroatoms. The van der Waals surface area contributed by atoms with Crippen molar-refractivity contribution in [2.75, 3.05) is 6.61 Å². The predicted molar refractivity (Wildman–Crippen MR) is 166 cm³/mol. The molecule has 6 rings (SSSR count). The summed E-state index contributed by atoms with van der Waals surface area (Å²) in [5.41, 5.74) is 7.24. The maximum Gasteiger partial charge on any atom is 0.280 e. The first kappa shape index (κ1) is 30.1. The van der Waals surface area contributed by atoms with E-state index in [0.717, 1.165) is 72.0 Å². The predicted octanol–water partition coefficient (Wildman–Crippen LogP) is 3.93. The lowest BCUT2D eigenvalue weighted by Crippen LogP contribution is -2.36. The van der Waals surface area contributed by atoms with Gasteiger partial charge in [0.2, 0.25) is 5.78 Å². The third-order valence-electron chi connectivity index (χ3n) is 8.32. The Balaban J connectivity index is 1.29. The van der Waals surface area contributed by atoms with Crippen molar-refractivity contribution in [2.24, 2.45) is 4.99 Å². The number of nitrogens with one attached hydrogen (secondary N) is 1. The van der Waals surface area contributed by atoms with Crippen LogP contribution in [0.5, 0.6) is 0 Å². The molecule has 1 unspecified atom stereocenters. The van der Waals surface area contributed by atoms with Gasteiger partial charge in [0, 0.05) is 23.6 Å². The fourth-order valence-electron chi connectivity index (χ4n) is 6.21. The molecule has 1 fully saturated rings. The Bertz CT molecular complexity index is 1700. The van der Waals surface area contributed by atoms with E-state index in [-0.39, 0.29) is 17.7 Å². The van der Waals surface area contributed by atoms with Gasteiger partial charge in [0.1, 0.15) is 6.33 Å². The first-order chi connectivity index (χ1) is 21.2. The highest BCUT2D eigenvalue weighted by molar-refractivity contribution is 6.04. The van der Waals surface area contributed by atoms with E-state index in [0.29, 0.717) is 24.6 Å². The molecule has 1 saturated carbocycles. The molecule has 0 saturated heterocycles. The van der Waals surface area contributed by atoms with Gasteiger partial charge in [-0.15, -0.1) is 0 Å². The van der Waals surface area contributed by atoms with Gasteiger partial charge in [0.15, 0.2) is 5.84 Å². The van der Waals surface area contributed by atoms with E-state index in [2.05, 4.69) is 39.6 Å². The van der Waals surface area contributed by atoms with E-state index >= 15 is 0 Å². The van der Waals surface area contributed by atoms with Crippen LogP contribution in [0.25, 0.3) is 16.9 Å². The molecule has 11 nitrogen and oxygen atoms in total. The van der Waals surface area contributed by atoms with Crippen molar-refractivity contribution in [1.82, 2.24) is 24.6 Å². The molecule has 0 spiro atoms. The lowest BCUT2D eigenvalue weighted by molar-refractivity contribution is -0.102. The maximum atomic E-state index is 14.3. The van der Waals surface area contributed by atoms with Crippen LogP contribution in [0.1, 0.15) is 81.3 Å². The molecular formula is C33H40N6O5. The molecule has 1 aliphatic carbocycles. The minimum Gasteiger partial charge on any atom is -0.388 e. The van der Waals surface area contributed by atoms with Gasteiger partial charge in [-0.1, -0.05) is 61.9 Å². The second kappa shape index (κ2) is 12.6. The average molecular weight is 601 g/mol. The Hall–Kier alpha value is -3.90. The number of aliphatic hydroxyl groups excluding tert-OH is 1. The van der Waals surface area contributed by atoms with E-state index in [1.807, 2.05) is 45.5 Å². The number of nitrogens with zero attached hydrogens (tertiary/aromatic N) is 5. The number of ether oxygens (including phenoxy) is 1. The van der Waals surface area contributed by atoms with E-state index < -0.39 is 12.0 Å². The van der Waals surface area contributed by atoms with Crippen LogP contribution >= 0.6 is 0 Å². The first-order valence-corrected chi connectivity index (χ1v) is 15.4. The summed E-state index contributed by atoms with van der Waals surface area (Å²) < 4.78 is 9.68. The molecule has 3 N–H and O–H groups in total. The molecule has 1 aliphatic heterocycles. The Morgan fingerprint density at radius 1 is 1.07 bits per heavy atom. The molecule has 2 aromatic heterocycles. The van der Waals surface area contributed by atoms with Crippen LogP contribution in [0, 0.1) is 0 Å². The van der Waals surface area contributed by atoms with Crippen molar-refractivity contribution in [3.05, 3.63) is 87.6 Å². The van der Waals surface area contributed by atoms with Crippen molar-refractivity contribution in [3.63, 3.8) is 0 Å². The number of hydrogen-bond donors (Lipinski definition) is 3. The van der Waals surface area contributed by atoms with Gasteiger partial charge in [0.05, 0.1) is 24.0 Å². The summed E-state index contributed by atoms with van der Waals surface area (Å²) in [5, 5.41) is 24.3. The number of aryl methyl sites for hydroxylation is 1. The lowest BCUT2D eigenvalue weighted by atomic mass is 9.92. The maximum absolute atomic E-state index is 14.3. The van der Waals surface area contributed by atoms with E-state index in [1.54, 1.807) is 13.8 Å². The van der Waals surface area contributed by atoms with Gasteiger partial charge in [0.25, 0.3) is 12.0 Å². The van der Waals surface area contributed by atoms with Crippen LogP contribution in [-0.4, -0.2) is 59.9 Å². The number of rotatable bonds is 10. The molecule has 0 amide bonds. The number of aliphatic hydroxyl groups is 2. The molecule has 0 bridgehead atoms. The zero-order valence-corrected chi connectivity index (χ0v) is 25.4. The second-order valence-corrected chi connectivity index (χ2v) is 12.3. The summed E-state index contributed by atoms with van der Waals surface area (Å²) in [6.45, 7) is 5.89. The lowest BCUT2D eigenvalue weighted by Gasteiger charge is -2.32. The first-order valence-electron chi connectivity index (χ1n) is 15.4. The van der Waals surface area contributed by atoms with E-state index in [1.165, 1.54) is 6.33 Å². The van der Waals surface area contributed by atoms with Crippen molar-refractivity contribution in [1.29, 1.82) is 0 Å². The zero-order valence-electron chi connectivity index (χ0n) is 25.4. The van der Waals surface area contributed by atoms with Crippen molar-refractivity contribution in [3.8, 4) is 11.1 Å². The number of amidine groups is 1. The average Bonchev–Trinajstić information content (AvgIpc) is 3.68. The normalized spacial score (nSPS) is 20.6. The fourth-order valence-corrected chi connectivity index (χ4v) is 6.21. The van der Waals surface area contributed by atoms with Crippen LogP contribution < -0.4 is 11.0 Å². The molecule has 44 heavy (non-hydrogen) atoms. The van der Waals surface area contributed by atoms with E-state index in [9.17, 15) is 15.0 Å². The Morgan fingerprint density at radius 2 is 1.80 bits per heavy atom. The summed E-state index contributed by atoms with van der Waals surface area (Å²) in [7, 11) is 0. The van der Waals surface area contributed by atoms with Gasteiger partial charge in [-0.25, -0.2) is 19.8 Å². The Labute approximate surface area is 256 Å². The Kier molecular flexibility index (Phi) is 8.64. The molecule has 0 radical (unpaired) electrons. The van der Waals surface area contributed by atoms with Gasteiger partial charge >= 0.3 is 0 Å². The highest BCUT2D eigenvalue weighted by atomic mass is 16.7. The molecule has 2 aliphatic rings. The Morgan fingerprint density at radius 3 is 2.45 bits per heavy atom. The third kappa shape index (κ3) is 6.32. The molecule has 2 aromatic carbocycles. The monoisotopic (exact) mass is 600 g/mol. The topological polar surface area (TPSA) is 136 Å². The third-order valence-corrected chi connectivity index (χ3v) is 8.32. The van der Waals surface area contributed by atoms with Crippen molar-refractivity contribution < 1.29 is 19.8 Å². The number of benzene rings is 2. The number of aromatic nitrogens is 4. The molecule has 1 atom stereocenters. The minimum atomic E-state index is -1.23. The molecular weight excluding hydrogens is 560 g/mol. The van der Waals surface area contributed by atoms with Gasteiger partial charge in [-0.2, -0.15) is 10.1 Å². The largest absolute Gasteiger partial charge is 0.388 e. The summed E-state index contributed by atoms with van der Waals surface area (Å²) in [4.78, 5) is 27.9. The van der Waals surface area contributed by atoms with Gasteiger partial charge in [-0.3, -0.25) is 9.36 Å². The number of hydroxylamine groups is 1. The standard InChI is InChI=1S/C33H40N6O5/c1-4-7-28-27(18-21-10-12-22(13-11-21)25-8-5-6-9-26(25)29-36-32(41)44-37-29)30(40)38(31-34-20-35-39(28)31)23-14-16-24(17-15-23)43-19-33(2,3)42/h5-6,8-13,20,23-24,32,41-42H,4,7,14-19H2,1-3H3,(H,36,37). The number of hydrogen-bond acceptors (Lipinski definition) is 9. The fraction of sp³-hybridized carbons (Fsp3) is 0.455. The van der Waals surface area contributed by atoms with Gasteiger partial charge < -0.3 is 14.9 Å². The zero-order chi connectivity index (χ0) is 30.8. The number of aliphatic imine (C=N–C) groups is 1. The van der Waals surface area contributed by atoms with Crippen LogP contribution in [0.4, 0.5) is 0 Å². The quantitative estimate of drug-likeness (QED) is 0.249. The van der Waals surface area contributed by atoms with Crippen LogP contribution in [0.2, 0.25) is 0 Å². The summed E-state index contributed by atoms with van der Waals surface area (Å²) in [5.74, 6) is 1.06. The highest BCUT2D eigenvalue weighted by Crippen LogP contribution is 2.32. The SMILES string of the molecule is CCCc1c(Cc2ccc(-c3ccccc3C3=NC(O)ON3)cc2)c(=O)n(C2CCC(OCC(C)(C)O)CC2)c2ncnn12. The smallest absolute Gasteiger partial charge is 0.280 e. The van der Waals surface area contributed by atoms with Gasteiger partial charge in [-0.05, 0) is 62.6 Å². The summed E-state index contributed by atoms with van der Waals surface area (Å²) >= 11 is 0. The van der Waals surface area contributed by atoms with Crippen LogP contribution in [0.15, 0.2) is 64.6 Å². The van der Waals surface area contributed by atoms with Crippen molar-refractivity contribution >= 4 is 11.6 Å². The molecule has 232 valence electrons. The number of fused-ring (bicyclic) bond motifs is 1. The summed E-state index contributed by atoms with van der Waals surface area (Å²) in [6.07, 6.45) is 5.66. The molecule has 4 aromatic rings. The molecule has 3 heterocycles. The van der Waals surface area contributed by atoms with Crippen LogP contribution in [-0.2, 0) is 22.4 Å². The second-order valence-electron chi connectivity index (χ2n) is 12.3. The summed E-state index contributed by atoms with van der Waals surface area (Å²) in [6, 6.07) is 16.0. The van der Waals surface area contributed by atoms with Crippen LogP contribution in [0.3, 0.4) is 0 Å².